The number of hydrogen-bond donors (Lipinski definition) is 7. The zero-order chi connectivity index (χ0) is 33.3. The Morgan fingerprint density at radius 1 is 1.09 bits per heavy atom. The van der Waals surface area contributed by atoms with Crippen LogP contribution in [0.1, 0.15) is 39.2 Å². The molecule has 0 radical (unpaired) electrons. The molecule has 13 nitrogen and oxygen atoms in total. The van der Waals surface area contributed by atoms with E-state index in [-0.39, 0.29) is 33.8 Å². The first-order valence-corrected chi connectivity index (χ1v) is 14.8. The third-order valence-electron chi connectivity index (χ3n) is 9.03. The number of primary amides is 1. The molecule has 0 spiro atoms. The highest BCUT2D eigenvalue weighted by molar-refractivity contribution is 9.09. The highest BCUT2D eigenvalue weighted by Gasteiger charge is 2.67. The Kier molecular flexibility index (Phi) is 9.50. The number of ketones is 2. The second kappa shape index (κ2) is 12.4. The zero-order valence-corrected chi connectivity index (χ0v) is 28.3. The molecule has 15 heteroatoms. The molecule has 0 saturated heterocycles. The van der Waals surface area contributed by atoms with Gasteiger partial charge >= 0.3 is 0 Å². The van der Waals surface area contributed by atoms with E-state index in [1.54, 1.807) is 31.2 Å². The Labute approximate surface area is 282 Å². The van der Waals surface area contributed by atoms with Crippen molar-refractivity contribution in [2.75, 3.05) is 26.5 Å². The molecule has 0 fully saturated rings. The normalized spacial score (nSPS) is 27.7. The molecule has 3 aliphatic rings. The molecule has 246 valence electrons. The zero-order valence-electron chi connectivity index (χ0n) is 25.0. The van der Waals surface area contributed by atoms with Gasteiger partial charge in [-0.05, 0) is 49.3 Å². The van der Waals surface area contributed by atoms with Crippen LogP contribution in [-0.4, -0.2) is 92.8 Å². The maximum Gasteiger partial charge on any atom is 0.255 e. The number of amides is 2. The molecule has 3 aliphatic carbocycles. The molecule has 7 atom stereocenters. The van der Waals surface area contributed by atoms with Crippen molar-refractivity contribution in [3.05, 3.63) is 75.8 Å². The third-order valence-corrected chi connectivity index (χ3v) is 9.97. The molecular weight excluding hydrogens is 734 g/mol. The molecular formula is C31H33Br2N3O10. The largest absolute Gasteiger partial charge is 0.510 e. The molecule has 5 rings (SSSR count). The van der Waals surface area contributed by atoms with Crippen molar-refractivity contribution in [2.24, 2.45) is 17.6 Å². The Hall–Kier alpha value is -3.76. The molecule has 2 amide bonds. The summed E-state index contributed by atoms with van der Waals surface area (Å²) >= 11 is 3.33. The number of aliphatic hydroxyl groups is 4. The van der Waals surface area contributed by atoms with Crippen LogP contribution >= 0.6 is 32.9 Å². The number of carbonyl (C=O) groups excluding carboxylic acids is 4. The number of methoxy groups -OCH3 is 1. The van der Waals surface area contributed by atoms with Crippen LogP contribution < -0.4 is 15.8 Å². The Morgan fingerprint density at radius 3 is 2.24 bits per heavy atom. The summed E-state index contributed by atoms with van der Waals surface area (Å²) < 4.78 is 5.13. The molecule has 46 heavy (non-hydrogen) atoms. The third kappa shape index (κ3) is 5.01. The van der Waals surface area contributed by atoms with Gasteiger partial charge in [-0.1, -0.05) is 41.1 Å². The minimum absolute atomic E-state index is 0. The van der Waals surface area contributed by atoms with Crippen molar-refractivity contribution in [1.82, 2.24) is 4.90 Å². The second-order valence-corrected chi connectivity index (χ2v) is 12.5. The standard InChI is InChI=1S/C31H32BrN3O10.BrH/c1-11-14-9-10-15(34-30(43)21(32)12-5-7-13(45-4)8-6-12)23(36)17(14)24(37)18-16(11)25(38)20-22(35(2)3)26(39)19(29(33)42)28(41)31(20,44)27(18)40;/h5-11,16,20-22,25,36,38-40,44H,1-4H3,(H2,33,42)(H,34,43);1H/t11?,16?,20?,21?,22-,25?,31-;/m0./s1. The van der Waals surface area contributed by atoms with Gasteiger partial charge < -0.3 is 41.3 Å². The minimum Gasteiger partial charge on any atom is -0.510 e. The second-order valence-electron chi connectivity index (χ2n) is 11.6. The van der Waals surface area contributed by atoms with Crippen LogP contribution in [0.3, 0.4) is 0 Å². The van der Waals surface area contributed by atoms with E-state index < -0.39 is 92.1 Å². The smallest absolute Gasteiger partial charge is 0.255 e. The van der Waals surface area contributed by atoms with E-state index in [9.17, 15) is 44.7 Å². The van der Waals surface area contributed by atoms with Crippen molar-refractivity contribution < 1.29 is 49.4 Å². The summed E-state index contributed by atoms with van der Waals surface area (Å²) in [5, 5.41) is 59.8. The predicted molar refractivity (Wildman–Crippen MR) is 173 cm³/mol. The van der Waals surface area contributed by atoms with E-state index in [1.807, 2.05) is 0 Å². The van der Waals surface area contributed by atoms with Crippen LogP contribution in [0.5, 0.6) is 11.5 Å². The number of nitrogens with one attached hydrogen (secondary N) is 1. The highest BCUT2D eigenvalue weighted by atomic mass is 79.9. The number of nitrogens with zero attached hydrogens (tertiary/aromatic N) is 1. The van der Waals surface area contributed by atoms with Crippen LogP contribution in [0.2, 0.25) is 0 Å². The lowest BCUT2D eigenvalue weighted by atomic mass is 9.55. The van der Waals surface area contributed by atoms with Crippen molar-refractivity contribution in [1.29, 1.82) is 0 Å². The number of aliphatic hydroxyl groups excluding tert-OH is 3. The van der Waals surface area contributed by atoms with Crippen LogP contribution in [0.4, 0.5) is 5.69 Å². The fourth-order valence-electron chi connectivity index (χ4n) is 6.84. The fraction of sp³-hybridized carbons (Fsp3) is 0.355. The van der Waals surface area contributed by atoms with E-state index in [0.29, 0.717) is 11.3 Å². The van der Waals surface area contributed by atoms with Crippen LogP contribution in [0.25, 0.3) is 0 Å². The van der Waals surface area contributed by atoms with Crippen LogP contribution in [0.15, 0.2) is 59.1 Å². The predicted octanol–water partition coefficient (Wildman–Crippen LogP) is 2.31. The molecule has 0 bridgehead atoms. The van der Waals surface area contributed by atoms with E-state index in [0.717, 1.165) is 0 Å². The van der Waals surface area contributed by atoms with Crippen LogP contribution in [0, 0.1) is 11.8 Å². The molecule has 0 aliphatic heterocycles. The van der Waals surface area contributed by atoms with Gasteiger partial charge in [0.25, 0.3) is 5.91 Å². The number of Topliss-reactive ketones (excluding diaryl/α,β-unsaturated/α-hetero) is 2. The highest BCUT2D eigenvalue weighted by Crippen LogP contribution is 2.56. The number of nitrogens with two attached hydrogens (primary N) is 1. The van der Waals surface area contributed by atoms with Crippen molar-refractivity contribution in [3.63, 3.8) is 0 Å². The van der Waals surface area contributed by atoms with E-state index in [1.165, 1.54) is 38.2 Å². The van der Waals surface area contributed by atoms with E-state index >= 15 is 0 Å². The summed E-state index contributed by atoms with van der Waals surface area (Å²) in [7, 11) is 4.43. The maximum absolute atomic E-state index is 14.0. The van der Waals surface area contributed by atoms with Gasteiger partial charge in [0.1, 0.15) is 27.7 Å². The lowest BCUT2D eigenvalue weighted by Gasteiger charge is -2.53. The van der Waals surface area contributed by atoms with Gasteiger partial charge in [-0.3, -0.25) is 24.1 Å². The number of fused-ring (bicyclic) bond motifs is 3. The Morgan fingerprint density at radius 2 is 1.70 bits per heavy atom. The maximum atomic E-state index is 14.0. The first-order chi connectivity index (χ1) is 21.1. The van der Waals surface area contributed by atoms with Gasteiger partial charge in [0.05, 0.1) is 36.4 Å². The topological polar surface area (TPSA) is 220 Å². The SMILES string of the molecule is Br.COc1ccc(C(Br)C(=O)Nc2ccc3c(c2O)C(=O)C2=C(O)[C@]4(O)C(=O)C(C(N)=O)=C(O)[C@@H](N(C)C)C4C(O)C2C3C)cc1. The number of ether oxygens (including phenoxy) is 1. The molecule has 2 aromatic carbocycles. The monoisotopic (exact) mass is 765 g/mol. The van der Waals surface area contributed by atoms with Gasteiger partial charge in [0.15, 0.2) is 17.1 Å². The Bertz CT molecular complexity index is 1710. The van der Waals surface area contributed by atoms with E-state index in [2.05, 4.69) is 21.2 Å². The summed E-state index contributed by atoms with van der Waals surface area (Å²) in [5.74, 6) is -9.99. The summed E-state index contributed by atoms with van der Waals surface area (Å²) in [6, 6.07) is 8.21. The quantitative estimate of drug-likeness (QED) is 0.129. The summed E-state index contributed by atoms with van der Waals surface area (Å²) in [5.41, 5.74) is 1.21. The molecule has 5 unspecified atom stereocenters. The lowest BCUT2D eigenvalue weighted by Crippen LogP contribution is -2.68. The van der Waals surface area contributed by atoms with Gasteiger partial charge in [-0.25, -0.2) is 0 Å². The average Bonchev–Trinajstić information content (AvgIpc) is 2.99. The van der Waals surface area contributed by atoms with Gasteiger partial charge in [-0.15, -0.1) is 17.0 Å². The number of benzene rings is 2. The number of aromatic hydroxyl groups is 1. The first kappa shape index (κ1) is 35.1. The first-order valence-electron chi connectivity index (χ1n) is 13.9. The summed E-state index contributed by atoms with van der Waals surface area (Å²) in [6.45, 7) is 1.62. The number of alkyl halides is 1. The average molecular weight is 767 g/mol. The summed E-state index contributed by atoms with van der Waals surface area (Å²) in [4.78, 5) is 53.3. The minimum atomic E-state index is -3.02. The fourth-order valence-corrected chi connectivity index (χ4v) is 7.26. The number of phenols is 1. The van der Waals surface area contributed by atoms with Crippen molar-refractivity contribution in [3.8, 4) is 11.5 Å². The number of carbonyl (C=O) groups is 4. The number of anilines is 1. The molecule has 2 aromatic rings. The Balaban J connectivity index is 0.00000480. The van der Waals surface area contributed by atoms with Gasteiger partial charge in [0.2, 0.25) is 11.7 Å². The molecule has 0 heterocycles. The number of likely N-dealkylation sites (N-methyl/N-ethyl adjacent to an activating group) is 1. The number of phenolic OH excluding ortho intramolecular Hbond substituents is 1. The number of rotatable bonds is 6. The van der Waals surface area contributed by atoms with Crippen molar-refractivity contribution >= 4 is 62.0 Å². The van der Waals surface area contributed by atoms with Gasteiger partial charge in [-0.2, -0.15) is 0 Å². The summed E-state index contributed by atoms with van der Waals surface area (Å²) in [6.07, 6.45) is -1.71. The molecule has 8 N–H and O–H groups in total. The van der Waals surface area contributed by atoms with E-state index in [4.69, 9.17) is 10.5 Å². The number of hydrogen-bond acceptors (Lipinski definition) is 11. The lowest BCUT2D eigenvalue weighted by molar-refractivity contribution is -0.162. The molecule has 0 saturated carbocycles. The van der Waals surface area contributed by atoms with Gasteiger partial charge in [0, 0.05) is 11.5 Å². The van der Waals surface area contributed by atoms with Crippen LogP contribution in [-0.2, 0) is 14.4 Å². The number of halogens is 2. The van der Waals surface area contributed by atoms with Crippen molar-refractivity contribution in [2.45, 2.75) is 35.4 Å². The molecule has 0 aromatic heterocycles.